The summed E-state index contributed by atoms with van der Waals surface area (Å²) in [5.74, 6) is 0. The van der Waals surface area contributed by atoms with E-state index in [2.05, 4.69) is 14.9 Å². The van der Waals surface area contributed by atoms with Gasteiger partial charge in [-0.2, -0.15) is 0 Å². The highest BCUT2D eigenvalue weighted by Crippen LogP contribution is 2.15. The molecule has 2 N–H and O–H groups in total. The van der Waals surface area contributed by atoms with Crippen LogP contribution in [0.3, 0.4) is 0 Å². The Morgan fingerprint density at radius 3 is 2.83 bits per heavy atom. The van der Waals surface area contributed by atoms with Gasteiger partial charge in [0.15, 0.2) is 0 Å². The van der Waals surface area contributed by atoms with Crippen molar-refractivity contribution in [1.29, 1.82) is 0 Å². The smallest absolute Gasteiger partial charge is 0.135 e. The predicted octanol–water partition coefficient (Wildman–Crippen LogP) is 1.24. The zero-order chi connectivity index (χ0) is 8.55. The molecule has 1 atom stereocenters. The van der Waals surface area contributed by atoms with E-state index in [4.69, 9.17) is 5.73 Å². The lowest BCUT2D eigenvalue weighted by molar-refractivity contribution is 0.315. The quantitative estimate of drug-likeness (QED) is 0.686. The molecule has 4 nitrogen and oxygen atoms in total. The summed E-state index contributed by atoms with van der Waals surface area (Å²) in [7, 11) is 0. The summed E-state index contributed by atoms with van der Waals surface area (Å²) >= 11 is 0. The normalized spacial score (nSPS) is 13.5. The lowest BCUT2D eigenvalue weighted by Crippen LogP contribution is -2.04. The Bertz CT molecular complexity index is 394. The van der Waals surface area contributed by atoms with E-state index in [9.17, 15) is 0 Å². The molecule has 0 saturated heterocycles. The third-order valence-corrected chi connectivity index (χ3v) is 1.80. The first-order chi connectivity index (χ1) is 5.77. The van der Waals surface area contributed by atoms with Crippen LogP contribution in [0.5, 0.6) is 0 Å². The van der Waals surface area contributed by atoms with Gasteiger partial charge < -0.3 is 5.73 Å². The van der Waals surface area contributed by atoms with E-state index < -0.39 is 0 Å². The predicted molar refractivity (Wildman–Crippen MR) is 44.4 cm³/mol. The van der Waals surface area contributed by atoms with E-state index in [0.717, 1.165) is 16.6 Å². The molecule has 0 radical (unpaired) electrons. The molecule has 0 aliphatic heterocycles. The average Bonchev–Trinajstić information content (AvgIpc) is 2.49. The number of benzene rings is 1. The van der Waals surface area contributed by atoms with Crippen LogP contribution in [0.25, 0.3) is 11.0 Å². The van der Waals surface area contributed by atoms with Crippen molar-refractivity contribution >= 4 is 11.0 Å². The Hall–Kier alpha value is -1.42. The van der Waals surface area contributed by atoms with Crippen LogP contribution in [0.1, 0.15) is 18.5 Å². The van der Waals surface area contributed by atoms with Gasteiger partial charge in [0.05, 0.1) is 0 Å². The lowest BCUT2D eigenvalue weighted by Gasteiger charge is -2.02. The second-order valence-electron chi connectivity index (χ2n) is 2.80. The maximum Gasteiger partial charge on any atom is 0.135 e. The van der Waals surface area contributed by atoms with E-state index >= 15 is 0 Å². The number of rotatable bonds is 1. The van der Waals surface area contributed by atoms with Gasteiger partial charge in [0.25, 0.3) is 0 Å². The van der Waals surface area contributed by atoms with Crippen LogP contribution in [-0.4, -0.2) is 10.3 Å². The van der Waals surface area contributed by atoms with Crippen LogP contribution >= 0.6 is 0 Å². The molecule has 1 aromatic heterocycles. The fourth-order valence-corrected chi connectivity index (χ4v) is 1.08. The van der Waals surface area contributed by atoms with E-state index in [-0.39, 0.29) is 6.04 Å². The van der Waals surface area contributed by atoms with E-state index in [0.29, 0.717) is 0 Å². The van der Waals surface area contributed by atoms with Crippen LogP contribution < -0.4 is 5.73 Å². The van der Waals surface area contributed by atoms with Crippen LogP contribution in [0.4, 0.5) is 0 Å². The van der Waals surface area contributed by atoms with Crippen molar-refractivity contribution in [3.8, 4) is 0 Å². The maximum atomic E-state index is 5.69. The highest BCUT2D eigenvalue weighted by Gasteiger charge is 2.03. The SMILES string of the molecule is C[C@H](N)c1ccc2nonc2c1. The summed E-state index contributed by atoms with van der Waals surface area (Å²) in [5.41, 5.74) is 8.25. The second-order valence-corrected chi connectivity index (χ2v) is 2.80. The zero-order valence-electron chi connectivity index (χ0n) is 6.69. The van der Waals surface area contributed by atoms with Gasteiger partial charge in [0.2, 0.25) is 0 Å². The maximum absolute atomic E-state index is 5.69. The van der Waals surface area contributed by atoms with Gasteiger partial charge in [0, 0.05) is 6.04 Å². The summed E-state index contributed by atoms with van der Waals surface area (Å²) in [4.78, 5) is 0. The minimum atomic E-state index is 0.0195. The molecule has 0 bridgehead atoms. The molecule has 0 unspecified atom stereocenters. The molecule has 62 valence electrons. The van der Waals surface area contributed by atoms with Crippen molar-refractivity contribution < 1.29 is 4.63 Å². The Balaban J connectivity index is 2.60. The van der Waals surface area contributed by atoms with Crippen LogP contribution in [0.2, 0.25) is 0 Å². The molecular weight excluding hydrogens is 154 g/mol. The topological polar surface area (TPSA) is 64.9 Å². The fraction of sp³-hybridized carbons (Fsp3) is 0.250. The van der Waals surface area contributed by atoms with Crippen molar-refractivity contribution in [2.24, 2.45) is 5.73 Å². The lowest BCUT2D eigenvalue weighted by atomic mass is 10.1. The number of nitrogens with zero attached hydrogens (tertiary/aromatic N) is 2. The third kappa shape index (κ3) is 1.06. The molecule has 0 spiro atoms. The van der Waals surface area contributed by atoms with Gasteiger partial charge in [-0.15, -0.1) is 0 Å². The Morgan fingerprint density at radius 2 is 2.08 bits per heavy atom. The monoisotopic (exact) mass is 163 g/mol. The van der Waals surface area contributed by atoms with Gasteiger partial charge in [-0.3, -0.25) is 0 Å². The van der Waals surface area contributed by atoms with Gasteiger partial charge in [-0.1, -0.05) is 6.07 Å². The molecular formula is C8H9N3O. The summed E-state index contributed by atoms with van der Waals surface area (Å²) in [5, 5.41) is 7.41. The standard InChI is InChI=1S/C8H9N3O/c1-5(9)6-2-3-7-8(4-6)11-12-10-7/h2-5H,9H2,1H3/t5-/m0/s1. The Labute approximate surface area is 69.3 Å². The summed E-state index contributed by atoms with van der Waals surface area (Å²) in [6, 6.07) is 5.68. The van der Waals surface area contributed by atoms with Gasteiger partial charge >= 0.3 is 0 Å². The number of fused-ring (bicyclic) bond motifs is 1. The number of nitrogens with two attached hydrogens (primary N) is 1. The molecule has 4 heteroatoms. The number of hydrogen-bond donors (Lipinski definition) is 1. The Kier molecular flexibility index (Phi) is 1.55. The van der Waals surface area contributed by atoms with E-state index in [1.165, 1.54) is 0 Å². The van der Waals surface area contributed by atoms with Crippen LogP contribution in [-0.2, 0) is 0 Å². The molecule has 2 rings (SSSR count). The van der Waals surface area contributed by atoms with Gasteiger partial charge in [-0.05, 0) is 34.9 Å². The molecule has 0 fully saturated rings. The summed E-state index contributed by atoms with van der Waals surface area (Å²) in [6.45, 7) is 1.93. The Morgan fingerprint density at radius 1 is 1.33 bits per heavy atom. The molecule has 1 aromatic carbocycles. The summed E-state index contributed by atoms with van der Waals surface area (Å²) < 4.78 is 4.56. The average molecular weight is 163 g/mol. The second kappa shape index (κ2) is 2.57. The van der Waals surface area contributed by atoms with Crippen LogP contribution in [0.15, 0.2) is 22.8 Å². The fourth-order valence-electron chi connectivity index (χ4n) is 1.08. The first kappa shape index (κ1) is 7.24. The molecule has 1 heterocycles. The minimum Gasteiger partial charge on any atom is -0.324 e. The molecule has 0 amide bonds. The number of hydrogen-bond acceptors (Lipinski definition) is 4. The molecule has 0 saturated carbocycles. The first-order valence-corrected chi connectivity index (χ1v) is 3.75. The molecule has 12 heavy (non-hydrogen) atoms. The van der Waals surface area contributed by atoms with E-state index in [1.54, 1.807) is 0 Å². The van der Waals surface area contributed by atoms with Crippen molar-refractivity contribution in [1.82, 2.24) is 10.3 Å². The van der Waals surface area contributed by atoms with Crippen molar-refractivity contribution in [2.45, 2.75) is 13.0 Å². The highest BCUT2D eigenvalue weighted by atomic mass is 16.6. The number of aromatic nitrogens is 2. The minimum absolute atomic E-state index is 0.0195. The zero-order valence-corrected chi connectivity index (χ0v) is 6.69. The van der Waals surface area contributed by atoms with E-state index in [1.807, 2.05) is 25.1 Å². The van der Waals surface area contributed by atoms with Gasteiger partial charge in [-0.25, -0.2) is 4.63 Å². The largest absolute Gasteiger partial charge is 0.324 e. The molecule has 0 aliphatic rings. The summed E-state index contributed by atoms with van der Waals surface area (Å²) in [6.07, 6.45) is 0. The molecule has 0 aliphatic carbocycles. The van der Waals surface area contributed by atoms with Gasteiger partial charge in [0.1, 0.15) is 11.0 Å². The third-order valence-electron chi connectivity index (χ3n) is 1.80. The van der Waals surface area contributed by atoms with Crippen molar-refractivity contribution in [3.05, 3.63) is 23.8 Å². The molecule has 2 aromatic rings. The first-order valence-electron chi connectivity index (χ1n) is 3.75. The highest BCUT2D eigenvalue weighted by molar-refractivity contribution is 5.73. The van der Waals surface area contributed by atoms with Crippen LogP contribution in [0, 0.1) is 0 Å². The van der Waals surface area contributed by atoms with Crippen molar-refractivity contribution in [2.75, 3.05) is 0 Å². The van der Waals surface area contributed by atoms with Crippen molar-refractivity contribution in [3.63, 3.8) is 0 Å².